The van der Waals surface area contributed by atoms with E-state index >= 15 is 0 Å². The Morgan fingerprint density at radius 1 is 1.03 bits per heavy atom. The molecule has 1 N–H and O–H groups in total. The van der Waals surface area contributed by atoms with Gasteiger partial charge in [0.25, 0.3) is 11.6 Å². The Hall–Kier alpha value is -4.07. The summed E-state index contributed by atoms with van der Waals surface area (Å²) in [7, 11) is 0. The highest BCUT2D eigenvalue weighted by Crippen LogP contribution is 2.33. The minimum atomic E-state index is -0.364. The van der Waals surface area contributed by atoms with Crippen molar-refractivity contribution >= 4 is 23.0 Å². The lowest BCUT2D eigenvalue weighted by Gasteiger charge is -2.36. The van der Waals surface area contributed by atoms with Gasteiger partial charge in [-0.3, -0.25) is 14.9 Å². The Balaban J connectivity index is 1.44. The second-order valence-corrected chi connectivity index (χ2v) is 8.47. The van der Waals surface area contributed by atoms with Crippen LogP contribution in [0.25, 0.3) is 0 Å². The zero-order chi connectivity index (χ0) is 24.8. The molecule has 0 spiro atoms. The van der Waals surface area contributed by atoms with Gasteiger partial charge >= 0.3 is 0 Å². The van der Waals surface area contributed by atoms with Crippen LogP contribution >= 0.6 is 0 Å². The Kier molecular flexibility index (Phi) is 7.50. The highest BCUT2D eigenvalue weighted by atomic mass is 16.6. The molecule has 1 heterocycles. The molecule has 0 aliphatic carbocycles. The number of amides is 1. The normalized spacial score (nSPS) is 14.3. The van der Waals surface area contributed by atoms with Crippen molar-refractivity contribution in [2.75, 3.05) is 43.0 Å². The van der Waals surface area contributed by atoms with Gasteiger partial charge in [-0.15, -0.1) is 0 Å². The van der Waals surface area contributed by atoms with Crippen LogP contribution in [0.4, 0.5) is 17.1 Å². The van der Waals surface area contributed by atoms with Crippen LogP contribution in [-0.4, -0.2) is 48.5 Å². The zero-order valence-electron chi connectivity index (χ0n) is 20.0. The molecule has 0 saturated carbocycles. The molecule has 8 heteroatoms. The highest BCUT2D eigenvalue weighted by molar-refractivity contribution is 5.94. The van der Waals surface area contributed by atoms with Crippen LogP contribution in [0.15, 0.2) is 72.8 Å². The van der Waals surface area contributed by atoms with Gasteiger partial charge < -0.3 is 19.9 Å². The number of nitrogens with zero attached hydrogens (tertiary/aromatic N) is 3. The van der Waals surface area contributed by atoms with E-state index in [0.29, 0.717) is 44.0 Å². The van der Waals surface area contributed by atoms with E-state index in [-0.39, 0.29) is 22.6 Å². The summed E-state index contributed by atoms with van der Waals surface area (Å²) in [5.74, 6) is 0.744. The van der Waals surface area contributed by atoms with Gasteiger partial charge in [-0.2, -0.15) is 0 Å². The molecule has 1 unspecified atom stereocenters. The zero-order valence-corrected chi connectivity index (χ0v) is 20.0. The molecule has 35 heavy (non-hydrogen) atoms. The third kappa shape index (κ3) is 5.71. The first kappa shape index (κ1) is 24.1. The van der Waals surface area contributed by atoms with E-state index < -0.39 is 0 Å². The number of benzene rings is 3. The summed E-state index contributed by atoms with van der Waals surface area (Å²) in [5.41, 5.74) is 3.11. The maximum atomic E-state index is 12.9. The molecule has 0 aromatic heterocycles. The molecule has 1 amide bonds. The second-order valence-electron chi connectivity index (χ2n) is 8.47. The molecule has 4 rings (SSSR count). The van der Waals surface area contributed by atoms with Crippen molar-refractivity contribution in [1.29, 1.82) is 0 Å². The number of hydrogen-bond acceptors (Lipinski definition) is 6. The van der Waals surface area contributed by atoms with Gasteiger partial charge in [-0.05, 0) is 55.8 Å². The Morgan fingerprint density at radius 2 is 1.71 bits per heavy atom. The average molecular weight is 475 g/mol. The van der Waals surface area contributed by atoms with Crippen molar-refractivity contribution in [2.45, 2.75) is 19.9 Å². The molecule has 3 aromatic carbocycles. The van der Waals surface area contributed by atoms with E-state index in [1.54, 1.807) is 24.3 Å². The van der Waals surface area contributed by atoms with Crippen LogP contribution in [0.5, 0.6) is 5.75 Å². The number of carbonyl (C=O) groups excluding carboxylic acids is 1. The van der Waals surface area contributed by atoms with Gasteiger partial charge in [0.1, 0.15) is 11.4 Å². The van der Waals surface area contributed by atoms with E-state index in [4.69, 9.17) is 4.74 Å². The monoisotopic (exact) mass is 474 g/mol. The van der Waals surface area contributed by atoms with Gasteiger partial charge in [0.2, 0.25) is 0 Å². The topological polar surface area (TPSA) is 88.0 Å². The van der Waals surface area contributed by atoms with Crippen molar-refractivity contribution < 1.29 is 14.5 Å². The lowest BCUT2D eigenvalue weighted by molar-refractivity contribution is -0.384. The summed E-state index contributed by atoms with van der Waals surface area (Å²) in [6.45, 7) is 6.94. The van der Waals surface area contributed by atoms with Gasteiger partial charge in [0, 0.05) is 49.5 Å². The molecular formula is C27H30N4O4. The quantitative estimate of drug-likeness (QED) is 0.360. The fraction of sp³-hybridized carbons (Fsp3) is 0.296. The summed E-state index contributed by atoms with van der Waals surface area (Å²) < 4.78 is 5.45. The molecule has 0 radical (unpaired) electrons. The van der Waals surface area contributed by atoms with Gasteiger partial charge in [0.15, 0.2) is 0 Å². The third-order valence-electron chi connectivity index (χ3n) is 6.19. The van der Waals surface area contributed by atoms with E-state index in [9.17, 15) is 14.9 Å². The molecular weight excluding hydrogens is 444 g/mol. The second kappa shape index (κ2) is 10.9. The van der Waals surface area contributed by atoms with Crippen LogP contribution in [0.2, 0.25) is 0 Å². The maximum absolute atomic E-state index is 12.9. The van der Waals surface area contributed by atoms with Crippen LogP contribution in [0.1, 0.15) is 35.8 Å². The fourth-order valence-electron chi connectivity index (χ4n) is 4.26. The summed E-state index contributed by atoms with van der Waals surface area (Å²) in [4.78, 5) is 28.2. The molecule has 1 saturated heterocycles. The molecule has 1 aliphatic heterocycles. The van der Waals surface area contributed by atoms with Crippen LogP contribution in [0, 0.1) is 10.1 Å². The van der Waals surface area contributed by atoms with Crippen molar-refractivity contribution in [1.82, 2.24) is 4.90 Å². The smallest absolute Gasteiger partial charge is 0.292 e. The molecule has 8 nitrogen and oxygen atoms in total. The van der Waals surface area contributed by atoms with Crippen molar-refractivity contribution in [2.24, 2.45) is 0 Å². The lowest BCUT2D eigenvalue weighted by atomic mass is 10.1. The molecule has 1 aliphatic rings. The molecule has 1 atom stereocenters. The van der Waals surface area contributed by atoms with Crippen molar-refractivity contribution in [3.05, 3.63) is 94.0 Å². The first-order valence-corrected chi connectivity index (χ1v) is 11.8. The summed E-state index contributed by atoms with van der Waals surface area (Å²) in [5, 5.41) is 14.9. The number of nitro groups is 1. The standard InChI is InChI=1S/C27H30N4O4/c1-3-35-24-12-9-22(10-13-24)27(32)30-17-15-29(16-18-30)23-11-14-26(31(33)34)25(19-23)28-20(2)21-7-5-4-6-8-21/h4-14,19-20,28H,3,15-18H2,1-2H3. The third-order valence-corrected chi connectivity index (χ3v) is 6.19. The van der Waals surface area contributed by atoms with E-state index in [1.807, 2.05) is 67.3 Å². The van der Waals surface area contributed by atoms with Gasteiger partial charge in [-0.1, -0.05) is 30.3 Å². The Bertz CT molecular complexity index is 1160. The van der Waals surface area contributed by atoms with Crippen molar-refractivity contribution in [3.63, 3.8) is 0 Å². The predicted octanol–water partition coefficient (Wildman–Crippen LogP) is 5.13. The van der Waals surface area contributed by atoms with Crippen LogP contribution in [0.3, 0.4) is 0 Å². The number of piperazine rings is 1. The lowest BCUT2D eigenvalue weighted by Crippen LogP contribution is -2.48. The molecule has 182 valence electrons. The van der Waals surface area contributed by atoms with E-state index in [1.165, 1.54) is 0 Å². The minimum absolute atomic E-state index is 0.00422. The SMILES string of the molecule is CCOc1ccc(C(=O)N2CCN(c3ccc([N+](=O)[O-])c(NC(C)c4ccccc4)c3)CC2)cc1. The molecule has 3 aromatic rings. The van der Waals surface area contributed by atoms with Crippen LogP contribution < -0.4 is 15.0 Å². The predicted molar refractivity (Wildman–Crippen MR) is 137 cm³/mol. The number of hydrogen-bond donors (Lipinski definition) is 1. The molecule has 0 bridgehead atoms. The van der Waals surface area contributed by atoms with Crippen molar-refractivity contribution in [3.8, 4) is 5.75 Å². The van der Waals surface area contributed by atoms with Crippen LogP contribution in [-0.2, 0) is 0 Å². The maximum Gasteiger partial charge on any atom is 0.292 e. The molecule has 1 fully saturated rings. The summed E-state index contributed by atoms with van der Waals surface area (Å²) in [6.07, 6.45) is 0. The summed E-state index contributed by atoms with van der Waals surface area (Å²) in [6, 6.07) is 22.1. The van der Waals surface area contributed by atoms with E-state index in [2.05, 4.69) is 10.2 Å². The number of rotatable bonds is 8. The number of nitrogens with one attached hydrogen (secondary N) is 1. The Morgan fingerprint density at radius 3 is 2.34 bits per heavy atom. The average Bonchev–Trinajstić information content (AvgIpc) is 2.89. The summed E-state index contributed by atoms with van der Waals surface area (Å²) >= 11 is 0. The largest absolute Gasteiger partial charge is 0.494 e. The first-order valence-electron chi connectivity index (χ1n) is 11.8. The van der Waals surface area contributed by atoms with Gasteiger partial charge in [0.05, 0.1) is 11.5 Å². The minimum Gasteiger partial charge on any atom is -0.494 e. The van der Waals surface area contributed by atoms with E-state index in [0.717, 1.165) is 17.0 Å². The number of ether oxygens (including phenoxy) is 1. The number of nitro benzene ring substituents is 1. The Labute approximate surface area is 205 Å². The van der Waals surface area contributed by atoms with Gasteiger partial charge in [-0.25, -0.2) is 0 Å². The number of anilines is 2. The fourth-order valence-corrected chi connectivity index (χ4v) is 4.26. The highest BCUT2D eigenvalue weighted by Gasteiger charge is 2.24. The number of carbonyl (C=O) groups is 1. The first-order chi connectivity index (χ1) is 17.0.